The second-order valence-corrected chi connectivity index (χ2v) is 6.45. The van der Waals surface area contributed by atoms with Crippen LogP contribution < -0.4 is 0 Å². The maximum absolute atomic E-state index is 12.9. The molecule has 4 heteroatoms. The van der Waals surface area contributed by atoms with E-state index in [9.17, 15) is 4.79 Å². The van der Waals surface area contributed by atoms with Crippen LogP contribution in [0.1, 0.15) is 33.3 Å². The van der Waals surface area contributed by atoms with E-state index >= 15 is 0 Å². The molecule has 0 spiro atoms. The summed E-state index contributed by atoms with van der Waals surface area (Å²) >= 11 is 1.67. The van der Waals surface area contributed by atoms with Crippen LogP contribution in [0.5, 0.6) is 0 Å². The maximum atomic E-state index is 12.9. The number of thiophene rings is 1. The maximum Gasteiger partial charge on any atom is 0.254 e. The van der Waals surface area contributed by atoms with Gasteiger partial charge in [0, 0.05) is 22.5 Å². The Kier molecular flexibility index (Phi) is 4.93. The highest BCUT2D eigenvalue weighted by atomic mass is 32.1. The van der Waals surface area contributed by atoms with E-state index in [2.05, 4.69) is 13.0 Å². The molecule has 23 heavy (non-hydrogen) atoms. The van der Waals surface area contributed by atoms with Crippen molar-refractivity contribution in [1.29, 1.82) is 0 Å². The first-order valence-electron chi connectivity index (χ1n) is 7.68. The van der Waals surface area contributed by atoms with E-state index in [0.717, 1.165) is 17.5 Å². The van der Waals surface area contributed by atoms with Crippen LogP contribution in [0.15, 0.2) is 64.8 Å². The molecule has 0 radical (unpaired) electrons. The Morgan fingerprint density at radius 2 is 1.91 bits per heavy atom. The SMILES string of the molecule is CCc1ccc(C(=O)N(Cc2ccoc2)Cc2cccs2)cc1. The largest absolute Gasteiger partial charge is 0.472 e. The number of hydrogen-bond acceptors (Lipinski definition) is 3. The molecule has 2 heterocycles. The summed E-state index contributed by atoms with van der Waals surface area (Å²) < 4.78 is 5.13. The van der Waals surface area contributed by atoms with Gasteiger partial charge in [-0.1, -0.05) is 25.1 Å². The normalized spacial score (nSPS) is 10.7. The standard InChI is InChI=1S/C19H19NO2S/c1-2-15-5-7-17(8-6-15)19(21)20(12-16-9-10-22-14-16)13-18-4-3-11-23-18/h3-11,14H,2,12-13H2,1H3. The molecule has 0 saturated carbocycles. The van der Waals surface area contributed by atoms with Crippen LogP contribution in [0.4, 0.5) is 0 Å². The number of hydrogen-bond donors (Lipinski definition) is 0. The van der Waals surface area contributed by atoms with E-state index in [4.69, 9.17) is 4.42 Å². The Morgan fingerprint density at radius 1 is 1.09 bits per heavy atom. The third kappa shape index (κ3) is 3.90. The van der Waals surface area contributed by atoms with Gasteiger partial charge in [-0.25, -0.2) is 0 Å². The van der Waals surface area contributed by atoms with E-state index in [1.807, 2.05) is 46.7 Å². The van der Waals surface area contributed by atoms with Gasteiger partial charge in [0.2, 0.25) is 0 Å². The number of rotatable bonds is 6. The van der Waals surface area contributed by atoms with Gasteiger partial charge >= 0.3 is 0 Å². The number of carbonyl (C=O) groups excluding carboxylic acids is 1. The van der Waals surface area contributed by atoms with Gasteiger partial charge in [0.15, 0.2) is 0 Å². The summed E-state index contributed by atoms with van der Waals surface area (Å²) in [5.41, 5.74) is 2.96. The molecule has 0 aliphatic rings. The lowest BCUT2D eigenvalue weighted by Crippen LogP contribution is -2.29. The third-order valence-corrected chi connectivity index (χ3v) is 4.64. The lowest BCUT2D eigenvalue weighted by atomic mass is 10.1. The minimum absolute atomic E-state index is 0.0438. The van der Waals surface area contributed by atoms with Crippen molar-refractivity contribution in [2.45, 2.75) is 26.4 Å². The Labute approximate surface area is 140 Å². The highest BCUT2D eigenvalue weighted by Crippen LogP contribution is 2.18. The van der Waals surface area contributed by atoms with E-state index in [1.54, 1.807) is 23.9 Å². The fourth-order valence-corrected chi connectivity index (χ4v) is 3.18. The molecular formula is C19H19NO2S. The highest BCUT2D eigenvalue weighted by molar-refractivity contribution is 7.09. The van der Waals surface area contributed by atoms with Gasteiger partial charge in [0.25, 0.3) is 5.91 Å². The van der Waals surface area contributed by atoms with Gasteiger partial charge in [-0.05, 0) is 41.6 Å². The Hall–Kier alpha value is -2.33. The molecule has 0 aliphatic heterocycles. The van der Waals surface area contributed by atoms with E-state index < -0.39 is 0 Å². The molecule has 1 amide bonds. The average molecular weight is 325 g/mol. The molecule has 1 aromatic carbocycles. The summed E-state index contributed by atoms with van der Waals surface area (Å²) in [7, 11) is 0. The fourth-order valence-electron chi connectivity index (χ4n) is 2.46. The number of nitrogens with zero attached hydrogens (tertiary/aromatic N) is 1. The third-order valence-electron chi connectivity index (χ3n) is 3.78. The first-order chi connectivity index (χ1) is 11.3. The van der Waals surface area contributed by atoms with Crippen molar-refractivity contribution in [2.75, 3.05) is 0 Å². The van der Waals surface area contributed by atoms with Gasteiger partial charge in [0.05, 0.1) is 19.1 Å². The van der Waals surface area contributed by atoms with Crippen LogP contribution in [0.2, 0.25) is 0 Å². The van der Waals surface area contributed by atoms with Crippen LogP contribution in [-0.2, 0) is 19.5 Å². The molecule has 0 atom stereocenters. The fraction of sp³-hybridized carbons (Fsp3) is 0.211. The van der Waals surface area contributed by atoms with Crippen LogP contribution in [-0.4, -0.2) is 10.8 Å². The molecule has 0 unspecified atom stereocenters. The van der Waals surface area contributed by atoms with Crippen molar-refractivity contribution in [3.8, 4) is 0 Å². The predicted octanol–water partition coefficient (Wildman–Crippen LogP) is 4.75. The predicted molar refractivity (Wildman–Crippen MR) is 92.4 cm³/mol. The molecular weight excluding hydrogens is 306 g/mol. The van der Waals surface area contributed by atoms with Crippen molar-refractivity contribution in [3.63, 3.8) is 0 Å². The van der Waals surface area contributed by atoms with Gasteiger partial charge in [-0.3, -0.25) is 4.79 Å². The minimum atomic E-state index is 0.0438. The van der Waals surface area contributed by atoms with Crippen LogP contribution in [0.25, 0.3) is 0 Å². The van der Waals surface area contributed by atoms with Crippen molar-refractivity contribution in [1.82, 2.24) is 4.90 Å². The zero-order valence-corrected chi connectivity index (χ0v) is 13.9. The zero-order chi connectivity index (χ0) is 16.1. The summed E-state index contributed by atoms with van der Waals surface area (Å²) in [5.74, 6) is 0.0438. The molecule has 0 N–H and O–H groups in total. The van der Waals surface area contributed by atoms with Crippen LogP contribution in [0, 0.1) is 0 Å². The second kappa shape index (κ2) is 7.29. The Balaban J connectivity index is 1.81. The summed E-state index contributed by atoms with van der Waals surface area (Å²) in [6.45, 7) is 3.26. The Bertz CT molecular complexity index is 694. The first-order valence-corrected chi connectivity index (χ1v) is 8.56. The van der Waals surface area contributed by atoms with Crippen molar-refractivity contribution >= 4 is 17.2 Å². The summed E-state index contributed by atoms with van der Waals surface area (Å²) in [6.07, 6.45) is 4.30. The second-order valence-electron chi connectivity index (χ2n) is 5.42. The quantitative estimate of drug-likeness (QED) is 0.655. The first kappa shape index (κ1) is 15.6. The number of furan rings is 1. The number of benzene rings is 1. The zero-order valence-electron chi connectivity index (χ0n) is 13.1. The lowest BCUT2D eigenvalue weighted by Gasteiger charge is -2.22. The molecule has 0 aliphatic carbocycles. The molecule has 0 fully saturated rings. The molecule has 2 aromatic heterocycles. The minimum Gasteiger partial charge on any atom is -0.472 e. The van der Waals surface area contributed by atoms with Crippen molar-refractivity contribution in [3.05, 3.63) is 81.9 Å². The van der Waals surface area contributed by atoms with Crippen LogP contribution in [0.3, 0.4) is 0 Å². The summed E-state index contributed by atoms with van der Waals surface area (Å²) in [4.78, 5) is 15.9. The monoisotopic (exact) mass is 325 g/mol. The van der Waals surface area contributed by atoms with Gasteiger partial charge in [0.1, 0.15) is 0 Å². The van der Waals surface area contributed by atoms with Crippen LogP contribution >= 0.6 is 11.3 Å². The molecule has 3 rings (SSSR count). The summed E-state index contributed by atoms with van der Waals surface area (Å²) in [5, 5.41) is 2.03. The molecule has 0 saturated heterocycles. The van der Waals surface area contributed by atoms with Gasteiger partial charge < -0.3 is 9.32 Å². The van der Waals surface area contributed by atoms with E-state index in [-0.39, 0.29) is 5.91 Å². The molecule has 118 valence electrons. The lowest BCUT2D eigenvalue weighted by molar-refractivity contribution is 0.0731. The average Bonchev–Trinajstić information content (AvgIpc) is 3.27. The summed E-state index contributed by atoms with van der Waals surface area (Å²) in [6, 6.07) is 13.8. The molecule has 0 bridgehead atoms. The van der Waals surface area contributed by atoms with Crippen molar-refractivity contribution < 1.29 is 9.21 Å². The van der Waals surface area contributed by atoms with E-state index in [0.29, 0.717) is 13.1 Å². The van der Waals surface area contributed by atoms with E-state index in [1.165, 1.54) is 10.4 Å². The Morgan fingerprint density at radius 3 is 2.52 bits per heavy atom. The van der Waals surface area contributed by atoms with Crippen molar-refractivity contribution in [2.24, 2.45) is 0 Å². The molecule has 3 nitrogen and oxygen atoms in total. The highest BCUT2D eigenvalue weighted by Gasteiger charge is 2.17. The molecule has 3 aromatic rings. The number of amides is 1. The number of carbonyl (C=O) groups is 1. The number of aryl methyl sites for hydroxylation is 1. The topological polar surface area (TPSA) is 33.5 Å². The van der Waals surface area contributed by atoms with Gasteiger partial charge in [-0.2, -0.15) is 0 Å². The smallest absolute Gasteiger partial charge is 0.254 e. The van der Waals surface area contributed by atoms with Gasteiger partial charge in [-0.15, -0.1) is 11.3 Å².